The summed E-state index contributed by atoms with van der Waals surface area (Å²) in [6, 6.07) is 13.3. The fourth-order valence-corrected chi connectivity index (χ4v) is 3.37. The second-order valence-electron chi connectivity index (χ2n) is 5.49. The van der Waals surface area contributed by atoms with E-state index in [4.69, 9.17) is 0 Å². The van der Waals surface area contributed by atoms with Gasteiger partial charge in [0.1, 0.15) is 5.82 Å². The number of fused-ring (bicyclic) bond motifs is 1. The molecular weight excluding hydrogens is 348 g/mol. The second kappa shape index (κ2) is 6.85. The Kier molecular flexibility index (Phi) is 4.24. The minimum absolute atomic E-state index is 0.134. The third kappa shape index (κ3) is 3.50. The number of pyridine rings is 1. The minimum Gasteiger partial charge on any atom is -0.309 e. The number of hydrogen-bond donors (Lipinski definition) is 2. The Bertz CT molecular complexity index is 1080. The lowest BCUT2D eigenvalue weighted by atomic mass is 10.1. The van der Waals surface area contributed by atoms with Crippen LogP contribution in [0.25, 0.3) is 21.5 Å². The molecule has 0 radical (unpaired) electrons. The molecule has 4 aromatic rings. The SMILES string of the molecule is CC(=O)Nc1nc2ccc(-c3ccnc(Nc4ccccn4)n3)cc2s1. The number of carbonyl (C=O) groups excluding carboxylic acids is 1. The maximum absolute atomic E-state index is 11.2. The van der Waals surface area contributed by atoms with Gasteiger partial charge in [0.05, 0.1) is 15.9 Å². The van der Waals surface area contributed by atoms with E-state index in [0.717, 1.165) is 21.5 Å². The van der Waals surface area contributed by atoms with Crippen molar-refractivity contribution in [1.29, 1.82) is 0 Å². The average molecular weight is 362 g/mol. The second-order valence-corrected chi connectivity index (χ2v) is 6.52. The number of rotatable bonds is 4. The molecule has 7 nitrogen and oxygen atoms in total. The fraction of sp³-hybridized carbons (Fsp3) is 0.0556. The number of benzene rings is 1. The molecule has 0 unspecified atom stereocenters. The van der Waals surface area contributed by atoms with Gasteiger partial charge in [0.2, 0.25) is 11.9 Å². The van der Waals surface area contributed by atoms with E-state index in [0.29, 0.717) is 16.9 Å². The summed E-state index contributed by atoms with van der Waals surface area (Å²) < 4.78 is 0.976. The number of anilines is 3. The molecule has 0 aliphatic carbocycles. The van der Waals surface area contributed by atoms with Crippen LogP contribution in [0, 0.1) is 0 Å². The van der Waals surface area contributed by atoms with E-state index in [1.54, 1.807) is 12.4 Å². The summed E-state index contributed by atoms with van der Waals surface area (Å²) in [6.45, 7) is 1.47. The maximum Gasteiger partial charge on any atom is 0.228 e. The zero-order valence-corrected chi connectivity index (χ0v) is 14.6. The molecule has 1 amide bonds. The van der Waals surface area contributed by atoms with Crippen LogP contribution in [0.1, 0.15) is 6.92 Å². The molecule has 3 heterocycles. The Hall–Kier alpha value is -3.39. The molecule has 0 aliphatic rings. The fourth-order valence-electron chi connectivity index (χ4n) is 2.42. The van der Waals surface area contributed by atoms with Gasteiger partial charge >= 0.3 is 0 Å². The molecule has 3 aromatic heterocycles. The van der Waals surface area contributed by atoms with Crippen LogP contribution < -0.4 is 10.6 Å². The number of thiazole rings is 1. The summed E-state index contributed by atoms with van der Waals surface area (Å²) in [4.78, 5) is 28.6. The van der Waals surface area contributed by atoms with Crippen molar-refractivity contribution in [3.8, 4) is 11.3 Å². The van der Waals surface area contributed by atoms with Crippen LogP contribution in [0.3, 0.4) is 0 Å². The molecule has 0 atom stereocenters. The molecular formula is C18H14N6OS. The highest BCUT2D eigenvalue weighted by molar-refractivity contribution is 7.22. The summed E-state index contributed by atoms with van der Waals surface area (Å²) >= 11 is 1.43. The minimum atomic E-state index is -0.134. The smallest absolute Gasteiger partial charge is 0.228 e. The van der Waals surface area contributed by atoms with E-state index in [1.807, 2.05) is 42.5 Å². The van der Waals surface area contributed by atoms with Crippen molar-refractivity contribution in [3.63, 3.8) is 0 Å². The van der Waals surface area contributed by atoms with Gasteiger partial charge in [0, 0.05) is 24.9 Å². The van der Waals surface area contributed by atoms with Crippen LogP contribution in [0.15, 0.2) is 54.9 Å². The van der Waals surface area contributed by atoms with Gasteiger partial charge < -0.3 is 10.6 Å². The van der Waals surface area contributed by atoms with E-state index in [1.165, 1.54) is 18.3 Å². The van der Waals surface area contributed by atoms with Gasteiger partial charge in [-0.05, 0) is 30.3 Å². The Morgan fingerprint density at radius 3 is 2.77 bits per heavy atom. The highest BCUT2D eigenvalue weighted by Crippen LogP contribution is 2.30. The molecule has 0 aliphatic heterocycles. The highest BCUT2D eigenvalue weighted by atomic mass is 32.1. The molecule has 2 N–H and O–H groups in total. The summed E-state index contributed by atoms with van der Waals surface area (Å²) in [6.07, 6.45) is 3.41. The molecule has 0 saturated carbocycles. The van der Waals surface area contributed by atoms with Crippen molar-refractivity contribution < 1.29 is 4.79 Å². The first-order chi connectivity index (χ1) is 12.7. The molecule has 26 heavy (non-hydrogen) atoms. The van der Waals surface area contributed by atoms with E-state index < -0.39 is 0 Å². The summed E-state index contributed by atoms with van der Waals surface area (Å²) in [5.74, 6) is 1.03. The maximum atomic E-state index is 11.2. The van der Waals surface area contributed by atoms with Crippen LogP contribution in [-0.4, -0.2) is 25.8 Å². The molecule has 4 rings (SSSR count). The van der Waals surface area contributed by atoms with E-state index in [2.05, 4.69) is 30.6 Å². The highest BCUT2D eigenvalue weighted by Gasteiger charge is 2.08. The molecule has 0 spiro atoms. The molecule has 1 aromatic carbocycles. The molecule has 8 heteroatoms. The number of hydrogen-bond acceptors (Lipinski definition) is 7. The first kappa shape index (κ1) is 16.1. The molecule has 0 fully saturated rings. The van der Waals surface area contributed by atoms with Crippen LogP contribution in [0.5, 0.6) is 0 Å². The number of carbonyl (C=O) groups is 1. The number of nitrogens with one attached hydrogen (secondary N) is 2. The first-order valence-corrected chi connectivity index (χ1v) is 8.69. The Morgan fingerprint density at radius 2 is 1.96 bits per heavy atom. The largest absolute Gasteiger partial charge is 0.309 e. The standard InChI is InChI=1S/C18H14N6OS/c1-11(25)21-18-23-14-6-5-12(10-15(14)26-18)13-7-9-20-17(22-13)24-16-4-2-3-8-19-16/h2-10H,1H3,(H,21,23,25)(H,19,20,22,24). The lowest BCUT2D eigenvalue weighted by Crippen LogP contribution is -2.04. The lowest BCUT2D eigenvalue weighted by molar-refractivity contribution is -0.114. The summed E-state index contributed by atoms with van der Waals surface area (Å²) in [5.41, 5.74) is 2.57. The van der Waals surface area contributed by atoms with E-state index in [9.17, 15) is 4.79 Å². The summed E-state index contributed by atoms with van der Waals surface area (Å²) in [5, 5.41) is 6.39. The van der Waals surface area contributed by atoms with Crippen LogP contribution in [-0.2, 0) is 4.79 Å². The monoisotopic (exact) mass is 362 g/mol. The number of nitrogens with zero attached hydrogens (tertiary/aromatic N) is 4. The lowest BCUT2D eigenvalue weighted by Gasteiger charge is -2.05. The van der Waals surface area contributed by atoms with Crippen molar-refractivity contribution >= 4 is 44.4 Å². The van der Waals surface area contributed by atoms with Crippen LogP contribution in [0.4, 0.5) is 16.9 Å². The quantitative estimate of drug-likeness (QED) is 0.573. The predicted molar refractivity (Wildman–Crippen MR) is 102 cm³/mol. The van der Waals surface area contributed by atoms with Crippen LogP contribution in [0.2, 0.25) is 0 Å². The van der Waals surface area contributed by atoms with Crippen molar-refractivity contribution in [3.05, 3.63) is 54.9 Å². The zero-order chi connectivity index (χ0) is 17.9. The van der Waals surface area contributed by atoms with Gasteiger partial charge in [-0.3, -0.25) is 4.79 Å². The third-order valence-electron chi connectivity index (χ3n) is 3.53. The summed E-state index contributed by atoms with van der Waals surface area (Å²) in [7, 11) is 0. The normalized spacial score (nSPS) is 10.7. The Morgan fingerprint density at radius 1 is 1.04 bits per heavy atom. The van der Waals surface area contributed by atoms with Gasteiger partial charge in [-0.15, -0.1) is 0 Å². The Balaban J connectivity index is 1.64. The zero-order valence-electron chi connectivity index (χ0n) is 13.8. The molecule has 0 saturated heterocycles. The predicted octanol–water partition coefficient (Wildman–Crippen LogP) is 3.85. The van der Waals surface area contributed by atoms with Crippen molar-refractivity contribution in [1.82, 2.24) is 19.9 Å². The number of amides is 1. The third-order valence-corrected chi connectivity index (χ3v) is 4.46. The first-order valence-electron chi connectivity index (χ1n) is 7.87. The van der Waals surface area contributed by atoms with Crippen molar-refractivity contribution in [2.45, 2.75) is 6.92 Å². The van der Waals surface area contributed by atoms with Gasteiger partial charge in [0.15, 0.2) is 5.13 Å². The van der Waals surface area contributed by atoms with Crippen LogP contribution >= 0.6 is 11.3 Å². The van der Waals surface area contributed by atoms with Crippen molar-refractivity contribution in [2.24, 2.45) is 0 Å². The van der Waals surface area contributed by atoms with Gasteiger partial charge in [-0.1, -0.05) is 23.5 Å². The van der Waals surface area contributed by atoms with E-state index in [-0.39, 0.29) is 5.91 Å². The average Bonchev–Trinajstić information content (AvgIpc) is 3.03. The van der Waals surface area contributed by atoms with E-state index >= 15 is 0 Å². The number of aromatic nitrogens is 4. The molecule has 128 valence electrons. The molecule has 0 bridgehead atoms. The van der Waals surface area contributed by atoms with Crippen molar-refractivity contribution in [2.75, 3.05) is 10.6 Å². The van der Waals surface area contributed by atoms with Gasteiger partial charge in [0.25, 0.3) is 0 Å². The van der Waals surface area contributed by atoms with Gasteiger partial charge in [-0.25, -0.2) is 19.9 Å². The Labute approximate surface area is 153 Å². The topological polar surface area (TPSA) is 92.7 Å². The van der Waals surface area contributed by atoms with Gasteiger partial charge in [-0.2, -0.15) is 0 Å².